The first-order valence-electron chi connectivity index (χ1n) is 8.24. The van der Waals surface area contributed by atoms with Gasteiger partial charge in [-0.05, 0) is 31.2 Å². The third-order valence-electron chi connectivity index (χ3n) is 3.43. The molecule has 0 fully saturated rings. The lowest BCUT2D eigenvalue weighted by atomic mass is 10.2. The average molecular weight is 379 g/mol. The van der Waals surface area contributed by atoms with Crippen molar-refractivity contribution in [3.05, 3.63) is 53.1 Å². The Morgan fingerprint density at radius 3 is 2.54 bits per heavy atom. The van der Waals surface area contributed by atoms with E-state index in [1.807, 2.05) is 31.2 Å². The van der Waals surface area contributed by atoms with Crippen molar-refractivity contribution in [2.45, 2.75) is 6.92 Å². The van der Waals surface area contributed by atoms with E-state index in [9.17, 15) is 4.79 Å². The highest BCUT2D eigenvalue weighted by Crippen LogP contribution is 2.32. The van der Waals surface area contributed by atoms with E-state index in [2.05, 4.69) is 10.6 Å². The van der Waals surface area contributed by atoms with Gasteiger partial charge < -0.3 is 24.8 Å². The molecular weight excluding hydrogens is 356 g/mol. The van der Waals surface area contributed by atoms with Crippen molar-refractivity contribution in [2.75, 3.05) is 38.8 Å². The fraction of sp³-hybridized carbons (Fsp3) is 0.316. The minimum absolute atomic E-state index is 0.334. The molecule has 0 aromatic heterocycles. The number of urea groups is 1. The number of aryl methyl sites for hydroxylation is 1. The van der Waals surface area contributed by atoms with Crippen LogP contribution in [0, 0.1) is 6.92 Å². The van der Waals surface area contributed by atoms with E-state index in [-0.39, 0.29) is 6.03 Å². The molecule has 140 valence electrons. The van der Waals surface area contributed by atoms with Crippen LogP contribution in [0.25, 0.3) is 0 Å². The maximum Gasteiger partial charge on any atom is 0.319 e. The summed E-state index contributed by atoms with van der Waals surface area (Å²) in [6.07, 6.45) is 0. The number of methoxy groups -OCH3 is 1. The molecule has 2 rings (SSSR count). The van der Waals surface area contributed by atoms with Gasteiger partial charge in [-0.3, -0.25) is 0 Å². The number of anilines is 1. The standard InChI is InChI=1S/C19H23ClN2O4/c1-14-6-8-15(9-7-14)25-11-10-21-19(23)22-17-5-3-4-16(20)18(17)26-13-12-24-2/h3-9H,10-13H2,1-2H3,(H2,21,22,23). The summed E-state index contributed by atoms with van der Waals surface area (Å²) in [4.78, 5) is 12.1. The van der Waals surface area contributed by atoms with E-state index in [1.54, 1.807) is 25.3 Å². The van der Waals surface area contributed by atoms with Crippen molar-refractivity contribution in [1.29, 1.82) is 0 Å². The van der Waals surface area contributed by atoms with Crippen LogP contribution in [0.3, 0.4) is 0 Å². The number of rotatable bonds is 9. The largest absolute Gasteiger partial charge is 0.492 e. The Morgan fingerprint density at radius 1 is 1.04 bits per heavy atom. The number of halogens is 1. The van der Waals surface area contributed by atoms with Crippen molar-refractivity contribution in [2.24, 2.45) is 0 Å². The van der Waals surface area contributed by atoms with Gasteiger partial charge in [0.15, 0.2) is 5.75 Å². The molecule has 0 radical (unpaired) electrons. The van der Waals surface area contributed by atoms with Gasteiger partial charge in [0.1, 0.15) is 19.0 Å². The number of amides is 2. The molecule has 0 aliphatic heterocycles. The van der Waals surface area contributed by atoms with Crippen LogP contribution in [-0.4, -0.2) is 39.5 Å². The van der Waals surface area contributed by atoms with Crippen LogP contribution in [0.15, 0.2) is 42.5 Å². The molecule has 6 nitrogen and oxygen atoms in total. The van der Waals surface area contributed by atoms with Gasteiger partial charge >= 0.3 is 6.03 Å². The molecule has 2 amide bonds. The van der Waals surface area contributed by atoms with Crippen molar-refractivity contribution >= 4 is 23.3 Å². The lowest BCUT2D eigenvalue weighted by Crippen LogP contribution is -2.32. The van der Waals surface area contributed by atoms with Crippen molar-refractivity contribution < 1.29 is 19.0 Å². The number of hydrogen-bond donors (Lipinski definition) is 2. The van der Waals surface area contributed by atoms with E-state index in [4.69, 9.17) is 25.8 Å². The van der Waals surface area contributed by atoms with E-state index in [1.165, 1.54) is 5.56 Å². The van der Waals surface area contributed by atoms with Crippen LogP contribution in [0.1, 0.15) is 5.56 Å². The number of hydrogen-bond acceptors (Lipinski definition) is 4. The molecule has 0 bridgehead atoms. The van der Waals surface area contributed by atoms with Crippen LogP contribution in [0.4, 0.5) is 10.5 Å². The Bertz CT molecular complexity index is 707. The van der Waals surface area contributed by atoms with E-state index in [0.29, 0.717) is 42.8 Å². The number of carbonyl (C=O) groups excluding carboxylic acids is 1. The second-order valence-electron chi connectivity index (χ2n) is 5.50. The van der Waals surface area contributed by atoms with Crippen molar-refractivity contribution in [1.82, 2.24) is 5.32 Å². The van der Waals surface area contributed by atoms with Crippen molar-refractivity contribution in [3.63, 3.8) is 0 Å². The van der Waals surface area contributed by atoms with E-state index < -0.39 is 0 Å². The van der Waals surface area contributed by atoms with Crippen LogP contribution in [-0.2, 0) is 4.74 Å². The van der Waals surface area contributed by atoms with E-state index >= 15 is 0 Å². The molecule has 2 aromatic rings. The average Bonchev–Trinajstić information content (AvgIpc) is 2.63. The normalized spacial score (nSPS) is 10.3. The number of para-hydroxylation sites is 1. The van der Waals surface area contributed by atoms with Crippen LogP contribution >= 0.6 is 11.6 Å². The molecule has 0 heterocycles. The van der Waals surface area contributed by atoms with Gasteiger partial charge in [0, 0.05) is 7.11 Å². The third-order valence-corrected chi connectivity index (χ3v) is 3.72. The fourth-order valence-electron chi connectivity index (χ4n) is 2.12. The zero-order valence-electron chi connectivity index (χ0n) is 14.9. The first kappa shape index (κ1) is 19.9. The topological polar surface area (TPSA) is 68.8 Å². The Hall–Kier alpha value is -2.44. The zero-order valence-corrected chi connectivity index (χ0v) is 15.6. The van der Waals surface area contributed by atoms with Crippen LogP contribution < -0.4 is 20.1 Å². The molecule has 2 aromatic carbocycles. The number of benzene rings is 2. The minimum atomic E-state index is -0.364. The second-order valence-corrected chi connectivity index (χ2v) is 5.91. The minimum Gasteiger partial charge on any atom is -0.492 e. The Kier molecular flexibility index (Phi) is 8.05. The first-order chi connectivity index (χ1) is 12.6. The second kappa shape index (κ2) is 10.5. The van der Waals surface area contributed by atoms with Gasteiger partial charge in [-0.2, -0.15) is 0 Å². The predicted molar refractivity (Wildman–Crippen MR) is 103 cm³/mol. The maximum atomic E-state index is 12.1. The number of ether oxygens (including phenoxy) is 3. The SMILES string of the molecule is COCCOc1c(Cl)cccc1NC(=O)NCCOc1ccc(C)cc1. The molecule has 7 heteroatoms. The Labute approximate surface area is 158 Å². The predicted octanol–water partition coefficient (Wildman–Crippen LogP) is 3.87. The summed E-state index contributed by atoms with van der Waals surface area (Å²) < 4.78 is 16.1. The highest BCUT2D eigenvalue weighted by Gasteiger charge is 2.11. The van der Waals surface area contributed by atoms with Gasteiger partial charge in [-0.1, -0.05) is 35.4 Å². The van der Waals surface area contributed by atoms with Gasteiger partial charge in [0.05, 0.1) is 23.9 Å². The summed E-state index contributed by atoms with van der Waals surface area (Å²) in [6, 6.07) is 12.5. The maximum absolute atomic E-state index is 12.1. The van der Waals surface area contributed by atoms with Crippen LogP contribution in [0.5, 0.6) is 11.5 Å². The van der Waals surface area contributed by atoms with E-state index in [0.717, 1.165) is 5.75 Å². The zero-order chi connectivity index (χ0) is 18.8. The summed E-state index contributed by atoms with van der Waals surface area (Å²) in [7, 11) is 1.58. The molecular formula is C19H23ClN2O4. The molecule has 0 saturated carbocycles. The molecule has 2 N–H and O–H groups in total. The van der Waals surface area contributed by atoms with Gasteiger partial charge in [0.25, 0.3) is 0 Å². The summed E-state index contributed by atoms with van der Waals surface area (Å²) in [6.45, 7) is 3.50. The highest BCUT2D eigenvalue weighted by molar-refractivity contribution is 6.32. The number of carbonyl (C=O) groups is 1. The third kappa shape index (κ3) is 6.46. The summed E-state index contributed by atoms with van der Waals surface area (Å²) in [5.74, 6) is 1.18. The highest BCUT2D eigenvalue weighted by atomic mass is 35.5. The summed E-state index contributed by atoms with van der Waals surface area (Å²) in [5, 5.41) is 5.88. The number of nitrogens with one attached hydrogen (secondary N) is 2. The van der Waals surface area contributed by atoms with Gasteiger partial charge in [-0.15, -0.1) is 0 Å². The molecule has 0 spiro atoms. The smallest absolute Gasteiger partial charge is 0.319 e. The lowest BCUT2D eigenvalue weighted by molar-refractivity contribution is 0.146. The summed E-state index contributed by atoms with van der Waals surface area (Å²) >= 11 is 6.14. The Morgan fingerprint density at radius 2 is 1.81 bits per heavy atom. The van der Waals surface area contributed by atoms with Crippen LogP contribution in [0.2, 0.25) is 5.02 Å². The van der Waals surface area contributed by atoms with Crippen molar-refractivity contribution in [3.8, 4) is 11.5 Å². The quantitative estimate of drug-likeness (QED) is 0.650. The fourth-order valence-corrected chi connectivity index (χ4v) is 2.34. The first-order valence-corrected chi connectivity index (χ1v) is 8.62. The molecule has 0 unspecified atom stereocenters. The lowest BCUT2D eigenvalue weighted by Gasteiger charge is -2.14. The van der Waals surface area contributed by atoms with Gasteiger partial charge in [0.2, 0.25) is 0 Å². The molecule has 0 atom stereocenters. The van der Waals surface area contributed by atoms with Gasteiger partial charge in [-0.25, -0.2) is 4.79 Å². The Balaban J connectivity index is 1.80. The summed E-state index contributed by atoms with van der Waals surface area (Å²) in [5.41, 5.74) is 1.66. The monoisotopic (exact) mass is 378 g/mol. The molecule has 0 saturated heterocycles. The molecule has 0 aliphatic rings. The molecule has 0 aliphatic carbocycles. The molecule has 26 heavy (non-hydrogen) atoms.